The molecule has 0 atom stereocenters. The molecule has 0 saturated heterocycles. The maximum atomic E-state index is 12.4. The van der Waals surface area contributed by atoms with Gasteiger partial charge in [0.15, 0.2) is 5.69 Å². The number of carbonyl (C=O) groups is 1. The van der Waals surface area contributed by atoms with E-state index in [2.05, 4.69) is 25.7 Å². The first-order chi connectivity index (χ1) is 12.6. The Morgan fingerprint density at radius 1 is 1.23 bits per heavy atom. The van der Waals surface area contributed by atoms with Gasteiger partial charge in [0, 0.05) is 18.6 Å². The van der Waals surface area contributed by atoms with Crippen LogP contribution in [-0.4, -0.2) is 30.8 Å². The molecule has 0 unspecified atom stereocenters. The van der Waals surface area contributed by atoms with Crippen molar-refractivity contribution in [1.29, 1.82) is 0 Å². The van der Waals surface area contributed by atoms with Gasteiger partial charge < -0.3 is 14.4 Å². The van der Waals surface area contributed by atoms with Crippen molar-refractivity contribution in [1.82, 2.24) is 30.2 Å². The van der Waals surface area contributed by atoms with Gasteiger partial charge in [-0.3, -0.25) is 9.59 Å². The van der Waals surface area contributed by atoms with Crippen molar-refractivity contribution in [3.8, 4) is 11.5 Å². The number of rotatable bonds is 4. The fourth-order valence-corrected chi connectivity index (χ4v) is 2.65. The Bertz CT molecular complexity index is 1160. The highest BCUT2D eigenvalue weighted by Crippen LogP contribution is 2.16. The maximum Gasteiger partial charge on any atom is 0.272 e. The summed E-state index contributed by atoms with van der Waals surface area (Å²) >= 11 is 0. The summed E-state index contributed by atoms with van der Waals surface area (Å²) in [4.78, 5) is 28.5. The second-order valence-corrected chi connectivity index (χ2v) is 5.65. The second kappa shape index (κ2) is 6.28. The van der Waals surface area contributed by atoms with Crippen LogP contribution in [0.15, 0.2) is 51.9 Å². The summed E-state index contributed by atoms with van der Waals surface area (Å²) in [6.07, 6.45) is 1.88. The van der Waals surface area contributed by atoms with Gasteiger partial charge in [-0.25, -0.2) is 5.10 Å². The minimum atomic E-state index is -0.448. The lowest BCUT2D eigenvalue weighted by Crippen LogP contribution is -2.26. The predicted molar refractivity (Wildman–Crippen MR) is 92.2 cm³/mol. The molecule has 0 bridgehead atoms. The van der Waals surface area contributed by atoms with Crippen LogP contribution in [0.1, 0.15) is 16.4 Å². The maximum absolute atomic E-state index is 12.4. The van der Waals surface area contributed by atoms with Gasteiger partial charge in [-0.05, 0) is 18.2 Å². The number of fused-ring (bicyclic) bond motifs is 1. The number of hydrogen-bond donors (Lipinski definition) is 2. The molecule has 0 fully saturated rings. The predicted octanol–water partition coefficient (Wildman–Crippen LogP) is 1.24. The highest BCUT2D eigenvalue weighted by Gasteiger charge is 2.16. The molecule has 4 aromatic rings. The Morgan fingerprint density at radius 3 is 2.81 bits per heavy atom. The first kappa shape index (κ1) is 15.8. The summed E-state index contributed by atoms with van der Waals surface area (Å²) in [6, 6.07) is 10.5. The SMILES string of the molecule is Cn1cccc1-c1noc(CNC(=O)c2n[nH]c(=O)c3ccccc23)n1. The number of aromatic amines is 1. The van der Waals surface area contributed by atoms with Crippen molar-refractivity contribution in [3.05, 3.63) is 64.5 Å². The molecule has 1 aromatic carbocycles. The summed E-state index contributed by atoms with van der Waals surface area (Å²) in [6.45, 7) is 0.0470. The molecule has 1 amide bonds. The number of benzene rings is 1. The third kappa shape index (κ3) is 2.75. The van der Waals surface area contributed by atoms with Crippen molar-refractivity contribution in [2.24, 2.45) is 7.05 Å². The average molecular weight is 350 g/mol. The molecular formula is C17H14N6O3. The summed E-state index contributed by atoms with van der Waals surface area (Å²) in [5, 5.41) is 13.6. The summed E-state index contributed by atoms with van der Waals surface area (Å²) < 4.78 is 7.03. The van der Waals surface area contributed by atoms with Gasteiger partial charge in [-0.2, -0.15) is 10.1 Å². The van der Waals surface area contributed by atoms with E-state index in [-0.39, 0.29) is 23.7 Å². The molecular weight excluding hydrogens is 336 g/mol. The molecule has 0 aliphatic carbocycles. The first-order valence-corrected chi connectivity index (χ1v) is 7.83. The Hall–Kier alpha value is -3.75. The number of H-pyrrole nitrogens is 1. The number of carbonyl (C=O) groups excluding carboxylic acids is 1. The molecule has 4 rings (SSSR count). The topological polar surface area (TPSA) is 119 Å². The molecule has 0 saturated carbocycles. The number of nitrogens with zero attached hydrogens (tertiary/aromatic N) is 4. The molecule has 2 N–H and O–H groups in total. The van der Waals surface area contributed by atoms with Gasteiger partial charge in [0.25, 0.3) is 11.5 Å². The molecule has 0 aliphatic heterocycles. The molecule has 9 nitrogen and oxygen atoms in total. The van der Waals surface area contributed by atoms with Crippen LogP contribution in [0, 0.1) is 0 Å². The molecule has 3 heterocycles. The van der Waals surface area contributed by atoms with Crippen LogP contribution in [-0.2, 0) is 13.6 Å². The van der Waals surface area contributed by atoms with E-state index in [0.29, 0.717) is 16.6 Å². The van der Waals surface area contributed by atoms with Crippen LogP contribution in [0.5, 0.6) is 0 Å². The molecule has 9 heteroatoms. The van der Waals surface area contributed by atoms with Crippen LogP contribution in [0.2, 0.25) is 0 Å². The number of amides is 1. The lowest BCUT2D eigenvalue weighted by atomic mass is 10.1. The molecule has 130 valence electrons. The average Bonchev–Trinajstić information content (AvgIpc) is 3.29. The van der Waals surface area contributed by atoms with Gasteiger partial charge in [-0.15, -0.1) is 0 Å². The highest BCUT2D eigenvalue weighted by atomic mass is 16.5. The molecule has 0 radical (unpaired) electrons. The zero-order valence-electron chi connectivity index (χ0n) is 13.8. The zero-order chi connectivity index (χ0) is 18.1. The smallest absolute Gasteiger partial charge is 0.272 e. The Kier molecular flexibility index (Phi) is 3.81. The number of nitrogens with one attached hydrogen (secondary N) is 2. The van der Waals surface area contributed by atoms with E-state index in [9.17, 15) is 9.59 Å². The monoisotopic (exact) mass is 350 g/mol. The molecule has 26 heavy (non-hydrogen) atoms. The standard InChI is InChI=1S/C17H14N6O3/c1-23-8-4-7-12(23)15-19-13(26-22-15)9-18-17(25)14-10-5-2-3-6-11(10)16(24)21-20-14/h2-8H,9H2,1H3,(H,18,25)(H,21,24). The minimum absolute atomic E-state index is 0.0470. The Labute approximate surface area is 146 Å². The minimum Gasteiger partial charge on any atom is -0.348 e. The number of hydrogen-bond acceptors (Lipinski definition) is 6. The first-order valence-electron chi connectivity index (χ1n) is 7.83. The second-order valence-electron chi connectivity index (χ2n) is 5.65. The number of aromatic nitrogens is 5. The van der Waals surface area contributed by atoms with Gasteiger partial charge in [0.2, 0.25) is 11.7 Å². The summed E-state index contributed by atoms with van der Waals surface area (Å²) in [5.41, 5.74) is 0.586. The fraction of sp³-hybridized carbons (Fsp3) is 0.118. The van der Waals surface area contributed by atoms with Gasteiger partial charge in [-0.1, -0.05) is 23.4 Å². The van der Waals surface area contributed by atoms with Crippen molar-refractivity contribution in [3.63, 3.8) is 0 Å². The Morgan fingerprint density at radius 2 is 2.04 bits per heavy atom. The Balaban J connectivity index is 1.53. The molecule has 0 spiro atoms. The fourth-order valence-electron chi connectivity index (χ4n) is 2.65. The van der Waals surface area contributed by atoms with Crippen molar-refractivity contribution < 1.29 is 9.32 Å². The normalized spacial score (nSPS) is 11.0. The van der Waals surface area contributed by atoms with Crippen LogP contribution in [0.25, 0.3) is 22.3 Å². The molecule has 0 aliphatic rings. The zero-order valence-corrected chi connectivity index (χ0v) is 13.8. The van der Waals surface area contributed by atoms with Crippen molar-refractivity contribution in [2.45, 2.75) is 6.54 Å². The summed E-state index contributed by atoms with van der Waals surface area (Å²) in [7, 11) is 1.88. The highest BCUT2D eigenvalue weighted by molar-refractivity contribution is 6.04. The largest absolute Gasteiger partial charge is 0.348 e. The molecule has 3 aromatic heterocycles. The number of aryl methyl sites for hydroxylation is 1. The van der Waals surface area contributed by atoms with Crippen LogP contribution in [0.4, 0.5) is 0 Å². The van der Waals surface area contributed by atoms with Crippen molar-refractivity contribution >= 4 is 16.7 Å². The lowest BCUT2D eigenvalue weighted by Gasteiger charge is -2.04. The lowest BCUT2D eigenvalue weighted by molar-refractivity contribution is 0.0942. The van der Waals surface area contributed by atoms with Crippen LogP contribution < -0.4 is 10.9 Å². The van der Waals surface area contributed by atoms with Crippen LogP contribution in [0.3, 0.4) is 0 Å². The van der Waals surface area contributed by atoms with E-state index in [1.54, 1.807) is 24.3 Å². The van der Waals surface area contributed by atoms with E-state index in [1.165, 1.54) is 0 Å². The van der Waals surface area contributed by atoms with Crippen LogP contribution >= 0.6 is 0 Å². The third-order valence-electron chi connectivity index (χ3n) is 3.95. The van der Waals surface area contributed by atoms with E-state index in [0.717, 1.165) is 5.69 Å². The van der Waals surface area contributed by atoms with Gasteiger partial charge in [0.05, 0.1) is 17.6 Å². The van der Waals surface area contributed by atoms with E-state index >= 15 is 0 Å². The summed E-state index contributed by atoms with van der Waals surface area (Å²) in [5.74, 6) is 0.258. The quantitative estimate of drug-likeness (QED) is 0.572. The van der Waals surface area contributed by atoms with E-state index in [4.69, 9.17) is 4.52 Å². The van der Waals surface area contributed by atoms with Gasteiger partial charge >= 0.3 is 0 Å². The third-order valence-corrected chi connectivity index (χ3v) is 3.95. The van der Waals surface area contributed by atoms with E-state index in [1.807, 2.05) is 29.9 Å². The van der Waals surface area contributed by atoms with E-state index < -0.39 is 5.91 Å². The van der Waals surface area contributed by atoms with Crippen molar-refractivity contribution in [2.75, 3.05) is 0 Å². The van der Waals surface area contributed by atoms with Gasteiger partial charge in [0.1, 0.15) is 0 Å².